The standard InChI is InChI=1S/C51H75N3O12S/c1-15-38-51(11)41(29(3)27-61-51)31(5)42(55)28(2)25-50(10,60-22-16-19-39-52-21-20-35(53-39)37-18-17-23-67-37)46(66-48-43(56)36(54(12)13)24-30(4)62-48)32(6)44(33(7)47(58)64-38)65-40-26-49(9,59-14)45(57)34(8)63-40/h17-18,20-21,23,28,30-34,36,38,40-41,43-46,48,56-57H,3,15,22,24-27H2,1-2,4-14H3/t28?,30-,31?,32-,33+,34-,36?,38?,40?,41?,43-,44?,45?,46+,48+,49?,50?,51+/m0/s1. The molecule has 18 atom stereocenters. The fourth-order valence-corrected chi connectivity index (χ4v) is 11.8. The van der Waals surface area contributed by atoms with E-state index in [1.54, 1.807) is 38.3 Å². The van der Waals surface area contributed by atoms with Gasteiger partial charge in [0.1, 0.15) is 36.3 Å². The molecule has 0 spiro atoms. The maximum atomic E-state index is 15.0. The Morgan fingerprint density at radius 1 is 1.00 bits per heavy atom. The summed E-state index contributed by atoms with van der Waals surface area (Å²) in [5.74, 6) is 2.52. The van der Waals surface area contributed by atoms with Crippen molar-refractivity contribution in [2.45, 2.75) is 173 Å². The Morgan fingerprint density at radius 2 is 1.73 bits per heavy atom. The Kier molecular flexibility index (Phi) is 17.3. The van der Waals surface area contributed by atoms with Crippen molar-refractivity contribution in [3.8, 4) is 22.4 Å². The molecule has 10 unspecified atom stereocenters. The Morgan fingerprint density at radius 3 is 2.39 bits per heavy atom. The number of esters is 1. The van der Waals surface area contributed by atoms with Crippen molar-refractivity contribution < 1.29 is 57.7 Å². The molecule has 2 aromatic heterocycles. The molecule has 2 aromatic rings. The van der Waals surface area contributed by atoms with Gasteiger partial charge in [-0.15, -0.1) is 11.3 Å². The number of Topliss-reactive ketones (excluding diaryl/α,β-unsaturated/α-hetero) is 1. The van der Waals surface area contributed by atoms with E-state index >= 15 is 0 Å². The van der Waals surface area contributed by atoms with Gasteiger partial charge >= 0.3 is 5.97 Å². The largest absolute Gasteiger partial charge is 0.459 e. The number of ether oxygens (including phenoxy) is 8. The quantitative estimate of drug-likeness (QED) is 0.156. The van der Waals surface area contributed by atoms with Crippen molar-refractivity contribution in [2.24, 2.45) is 29.6 Å². The average Bonchev–Trinajstić information content (AvgIpc) is 3.95. The smallest absolute Gasteiger partial charge is 0.311 e. The van der Waals surface area contributed by atoms with E-state index in [0.29, 0.717) is 18.7 Å². The summed E-state index contributed by atoms with van der Waals surface area (Å²) in [5, 5.41) is 25.1. The highest BCUT2D eigenvalue weighted by atomic mass is 32.1. The predicted octanol–water partition coefficient (Wildman–Crippen LogP) is 6.23. The number of likely N-dealkylation sites (N-methyl/N-ethyl adjacent to an activating group) is 1. The van der Waals surface area contributed by atoms with Crippen LogP contribution in [-0.2, 0) is 47.5 Å². The molecule has 0 saturated carbocycles. The average molecular weight is 954 g/mol. The molecule has 0 aliphatic carbocycles. The number of aromatic nitrogens is 2. The SMILES string of the molecule is C=C1CO[C@]2(C)C(CC)OC(=O)[C@H](C)C(OC3CC(C)(OC)C(O)[C@H](C)O3)[C@H](C)[C@@H](O[C@H]3O[C@@H](C)CC(N(C)C)[C@@H]3O)C(C)(OCC#Cc3nccc(-c4cccs4)n3)CC(C)C(=O)C(C)C12. The molecule has 2 N–H and O–H groups in total. The molecule has 67 heavy (non-hydrogen) atoms. The third kappa shape index (κ3) is 11.4. The van der Waals surface area contributed by atoms with Crippen LogP contribution in [0.4, 0.5) is 0 Å². The van der Waals surface area contributed by atoms with Gasteiger partial charge in [-0.25, -0.2) is 9.97 Å². The number of cyclic esters (lactones) is 1. The van der Waals surface area contributed by atoms with E-state index in [2.05, 4.69) is 28.4 Å². The molecule has 372 valence electrons. The summed E-state index contributed by atoms with van der Waals surface area (Å²) < 4.78 is 52.7. The minimum atomic E-state index is -1.37. The van der Waals surface area contributed by atoms with E-state index in [4.69, 9.17) is 37.9 Å². The van der Waals surface area contributed by atoms with Crippen LogP contribution in [0.2, 0.25) is 0 Å². The first-order valence-corrected chi connectivity index (χ1v) is 24.7. The zero-order valence-electron chi connectivity index (χ0n) is 41.7. The van der Waals surface area contributed by atoms with E-state index < -0.39 is 102 Å². The van der Waals surface area contributed by atoms with E-state index in [1.807, 2.05) is 91.0 Å². The summed E-state index contributed by atoms with van der Waals surface area (Å²) in [4.78, 5) is 41.8. The van der Waals surface area contributed by atoms with Crippen LogP contribution in [0, 0.1) is 41.4 Å². The van der Waals surface area contributed by atoms with Crippen molar-refractivity contribution in [1.29, 1.82) is 0 Å². The molecule has 0 radical (unpaired) electrons. The van der Waals surface area contributed by atoms with Crippen LogP contribution in [0.5, 0.6) is 0 Å². The normalized spacial score (nSPS) is 41.3. The molecular formula is C51H75N3O12S. The Bertz CT molecular complexity index is 2080. The number of methoxy groups -OCH3 is 1. The molecule has 16 heteroatoms. The van der Waals surface area contributed by atoms with Gasteiger partial charge in [-0.05, 0) is 104 Å². The lowest BCUT2D eigenvalue weighted by atomic mass is 9.69. The minimum absolute atomic E-state index is 0.0503. The molecule has 0 amide bonds. The number of aliphatic hydroxyl groups excluding tert-OH is 2. The first-order valence-electron chi connectivity index (χ1n) is 23.8. The second kappa shape index (κ2) is 21.9. The van der Waals surface area contributed by atoms with Gasteiger partial charge in [0.2, 0.25) is 5.82 Å². The monoisotopic (exact) mass is 954 g/mol. The molecule has 0 bridgehead atoms. The van der Waals surface area contributed by atoms with Gasteiger partial charge in [-0.2, -0.15) is 0 Å². The zero-order chi connectivity index (χ0) is 49.2. The fourth-order valence-electron chi connectivity index (χ4n) is 11.1. The van der Waals surface area contributed by atoms with Crippen LogP contribution in [0.25, 0.3) is 10.6 Å². The van der Waals surface area contributed by atoms with Crippen LogP contribution in [0.1, 0.15) is 101 Å². The van der Waals surface area contributed by atoms with Crippen LogP contribution in [-0.4, -0.2) is 149 Å². The number of nitrogens with zero attached hydrogens (tertiary/aromatic N) is 3. The maximum Gasteiger partial charge on any atom is 0.311 e. The lowest BCUT2D eigenvalue weighted by Gasteiger charge is -2.50. The first kappa shape index (κ1) is 53.2. The highest BCUT2D eigenvalue weighted by Crippen LogP contribution is 2.47. The second-order valence-electron chi connectivity index (χ2n) is 20.2. The molecule has 6 heterocycles. The third-order valence-corrected chi connectivity index (χ3v) is 15.8. The summed E-state index contributed by atoms with van der Waals surface area (Å²) >= 11 is 1.57. The maximum absolute atomic E-state index is 15.0. The lowest BCUT2D eigenvalue weighted by Crippen LogP contribution is -2.61. The number of ketones is 1. The number of hydrogen-bond acceptors (Lipinski definition) is 16. The summed E-state index contributed by atoms with van der Waals surface area (Å²) in [6, 6.07) is 5.46. The lowest BCUT2D eigenvalue weighted by molar-refractivity contribution is -0.320. The van der Waals surface area contributed by atoms with Crippen molar-refractivity contribution in [3.05, 3.63) is 47.8 Å². The molecule has 15 nitrogen and oxygen atoms in total. The number of thiophene rings is 1. The van der Waals surface area contributed by atoms with Gasteiger partial charge in [0.15, 0.2) is 12.6 Å². The van der Waals surface area contributed by atoms with Gasteiger partial charge in [-0.3, -0.25) is 9.59 Å². The highest BCUT2D eigenvalue weighted by Gasteiger charge is 2.57. The number of carbonyl (C=O) groups is 2. The van der Waals surface area contributed by atoms with Gasteiger partial charge in [0.05, 0.1) is 58.7 Å². The van der Waals surface area contributed by atoms with Crippen molar-refractivity contribution in [1.82, 2.24) is 14.9 Å². The van der Waals surface area contributed by atoms with E-state index in [9.17, 15) is 19.8 Å². The van der Waals surface area contributed by atoms with Gasteiger partial charge in [0.25, 0.3) is 0 Å². The van der Waals surface area contributed by atoms with Gasteiger partial charge in [-0.1, -0.05) is 46.3 Å². The van der Waals surface area contributed by atoms with Crippen LogP contribution in [0.15, 0.2) is 41.9 Å². The number of aliphatic hydroxyl groups is 2. The predicted molar refractivity (Wildman–Crippen MR) is 253 cm³/mol. The summed E-state index contributed by atoms with van der Waals surface area (Å²) in [5.41, 5.74) is -1.97. The van der Waals surface area contributed by atoms with Crippen LogP contribution < -0.4 is 0 Å². The van der Waals surface area contributed by atoms with E-state index in [1.165, 1.54) is 7.11 Å². The van der Waals surface area contributed by atoms with E-state index in [-0.39, 0.29) is 44.0 Å². The van der Waals surface area contributed by atoms with Gasteiger partial charge in [0, 0.05) is 49.4 Å². The summed E-state index contributed by atoms with van der Waals surface area (Å²) in [6.07, 6.45) is -5.02. The molecule has 4 fully saturated rings. The number of rotatable bonds is 10. The number of carbonyl (C=O) groups excluding carboxylic acids is 2. The Labute approximate surface area is 401 Å². The van der Waals surface area contributed by atoms with Gasteiger partial charge < -0.3 is 53.0 Å². The zero-order valence-corrected chi connectivity index (χ0v) is 42.5. The second-order valence-corrected chi connectivity index (χ2v) is 21.1. The molecule has 4 aliphatic heterocycles. The number of hydrogen-bond donors (Lipinski definition) is 2. The molecule has 6 rings (SSSR count). The summed E-state index contributed by atoms with van der Waals surface area (Å²) in [6.45, 7) is 23.1. The molecule has 4 saturated heterocycles. The van der Waals surface area contributed by atoms with Crippen molar-refractivity contribution >= 4 is 23.1 Å². The molecular weight excluding hydrogens is 879 g/mol. The van der Waals surface area contributed by atoms with E-state index in [0.717, 1.165) is 16.1 Å². The topological polar surface area (TPSA) is 177 Å². The third-order valence-electron chi connectivity index (χ3n) is 14.9. The van der Waals surface area contributed by atoms with Crippen molar-refractivity contribution in [2.75, 3.05) is 34.4 Å². The highest BCUT2D eigenvalue weighted by molar-refractivity contribution is 7.13. The fraction of sp³-hybridized carbons (Fsp3) is 0.725. The van der Waals surface area contributed by atoms with Crippen LogP contribution >= 0.6 is 11.3 Å². The molecule has 0 aromatic carbocycles. The number of fused-ring (bicyclic) bond motifs is 1. The van der Waals surface area contributed by atoms with Crippen LogP contribution in [0.3, 0.4) is 0 Å². The van der Waals surface area contributed by atoms with Crippen molar-refractivity contribution in [3.63, 3.8) is 0 Å². The minimum Gasteiger partial charge on any atom is -0.459 e. The first-order chi connectivity index (χ1) is 31.6. The Hall–Kier alpha value is -3.18. The Balaban J connectivity index is 1.49. The summed E-state index contributed by atoms with van der Waals surface area (Å²) in [7, 11) is 5.34. The molecule has 4 aliphatic rings.